The van der Waals surface area contributed by atoms with Crippen molar-refractivity contribution >= 4 is 5.97 Å². The van der Waals surface area contributed by atoms with Gasteiger partial charge in [-0.05, 0) is 20.3 Å². The summed E-state index contributed by atoms with van der Waals surface area (Å²) < 4.78 is 5.06. The van der Waals surface area contributed by atoms with E-state index in [2.05, 4.69) is 0 Å². The van der Waals surface area contributed by atoms with Gasteiger partial charge in [0.25, 0.3) is 0 Å². The Kier molecular flexibility index (Phi) is 2.42. The first kappa shape index (κ1) is 9.52. The van der Waals surface area contributed by atoms with Gasteiger partial charge in [0.05, 0.1) is 11.5 Å². The fraction of sp³-hybridized carbons (Fsp3) is 0.889. The van der Waals surface area contributed by atoms with Gasteiger partial charge >= 0.3 is 5.97 Å². The zero-order valence-corrected chi connectivity index (χ0v) is 7.83. The fourth-order valence-electron chi connectivity index (χ4n) is 1.80. The van der Waals surface area contributed by atoms with Crippen LogP contribution in [0.25, 0.3) is 0 Å². The highest BCUT2D eigenvalue weighted by Crippen LogP contribution is 2.27. The van der Waals surface area contributed by atoms with E-state index in [1.54, 1.807) is 13.8 Å². The first-order valence-electron chi connectivity index (χ1n) is 4.33. The van der Waals surface area contributed by atoms with Gasteiger partial charge < -0.3 is 9.84 Å². The van der Waals surface area contributed by atoms with Crippen molar-refractivity contribution in [2.45, 2.75) is 45.3 Å². The Bertz CT molecular complexity index is 186. The lowest BCUT2D eigenvalue weighted by Crippen LogP contribution is -2.28. The topological polar surface area (TPSA) is 46.5 Å². The van der Waals surface area contributed by atoms with E-state index in [1.807, 2.05) is 6.92 Å². The molecule has 0 aromatic heterocycles. The van der Waals surface area contributed by atoms with E-state index in [-0.39, 0.29) is 18.0 Å². The molecule has 12 heavy (non-hydrogen) atoms. The summed E-state index contributed by atoms with van der Waals surface area (Å²) in [5.41, 5.74) is -0.759. The third-order valence-electron chi connectivity index (χ3n) is 2.19. The minimum absolute atomic E-state index is 0.169. The van der Waals surface area contributed by atoms with Crippen molar-refractivity contribution < 1.29 is 14.6 Å². The van der Waals surface area contributed by atoms with Crippen LogP contribution >= 0.6 is 0 Å². The number of carbonyl (C=O) groups is 1. The number of aliphatic hydroxyl groups is 1. The smallest absolute Gasteiger partial charge is 0.309 e. The number of ether oxygens (including phenoxy) is 1. The number of carbonyl (C=O) groups excluding carboxylic acids is 1. The maximum atomic E-state index is 11.2. The maximum Gasteiger partial charge on any atom is 0.309 e. The first-order valence-corrected chi connectivity index (χ1v) is 4.33. The van der Waals surface area contributed by atoms with E-state index >= 15 is 0 Å². The van der Waals surface area contributed by atoms with Crippen molar-refractivity contribution in [1.29, 1.82) is 0 Å². The molecule has 0 aromatic rings. The predicted octanol–water partition coefficient (Wildman–Crippen LogP) is 1.10. The predicted molar refractivity (Wildman–Crippen MR) is 44.6 cm³/mol. The summed E-state index contributed by atoms with van der Waals surface area (Å²) in [5, 5.41) is 9.78. The van der Waals surface area contributed by atoms with E-state index in [0.717, 1.165) is 0 Å². The summed E-state index contributed by atoms with van der Waals surface area (Å²) in [4.78, 5) is 11.2. The van der Waals surface area contributed by atoms with Gasteiger partial charge in [0.2, 0.25) is 0 Å². The van der Waals surface area contributed by atoms with E-state index in [0.29, 0.717) is 12.8 Å². The first-order chi connectivity index (χ1) is 5.41. The number of cyclic esters (lactones) is 1. The van der Waals surface area contributed by atoms with Crippen LogP contribution in [0.4, 0.5) is 0 Å². The van der Waals surface area contributed by atoms with E-state index < -0.39 is 5.60 Å². The Labute approximate surface area is 72.7 Å². The Hall–Kier alpha value is -0.570. The van der Waals surface area contributed by atoms with Crippen LogP contribution in [0.15, 0.2) is 0 Å². The summed E-state index contributed by atoms with van der Waals surface area (Å²) >= 11 is 0. The molecule has 0 bridgehead atoms. The van der Waals surface area contributed by atoms with Gasteiger partial charge in [-0.3, -0.25) is 4.79 Å². The minimum Gasteiger partial charge on any atom is -0.462 e. The molecule has 70 valence electrons. The fourth-order valence-corrected chi connectivity index (χ4v) is 1.80. The molecule has 1 heterocycles. The Morgan fingerprint density at radius 2 is 2.08 bits per heavy atom. The molecular formula is C9H16O3. The molecule has 1 fully saturated rings. The highest BCUT2D eigenvalue weighted by atomic mass is 16.5. The molecule has 3 atom stereocenters. The lowest BCUT2D eigenvalue weighted by Gasteiger charge is -2.22. The van der Waals surface area contributed by atoms with Crippen LogP contribution in [-0.4, -0.2) is 22.8 Å². The molecule has 3 heteroatoms. The molecule has 1 N–H and O–H groups in total. The molecule has 1 aliphatic heterocycles. The quantitative estimate of drug-likeness (QED) is 0.556. The Morgan fingerprint density at radius 1 is 1.50 bits per heavy atom. The monoisotopic (exact) mass is 172 g/mol. The molecule has 1 aliphatic rings. The second-order valence-corrected chi connectivity index (χ2v) is 4.05. The van der Waals surface area contributed by atoms with Crippen molar-refractivity contribution in [1.82, 2.24) is 0 Å². The van der Waals surface area contributed by atoms with Crippen molar-refractivity contribution in [2.24, 2.45) is 5.92 Å². The number of hydrogen-bond donors (Lipinski definition) is 1. The molecule has 1 saturated heterocycles. The summed E-state index contributed by atoms with van der Waals surface area (Å²) in [6.07, 6.45) is 0.858. The van der Waals surface area contributed by atoms with Crippen LogP contribution < -0.4 is 0 Å². The van der Waals surface area contributed by atoms with Crippen molar-refractivity contribution in [3.05, 3.63) is 0 Å². The van der Waals surface area contributed by atoms with Crippen LogP contribution in [0.3, 0.4) is 0 Å². The van der Waals surface area contributed by atoms with E-state index in [9.17, 15) is 9.90 Å². The van der Waals surface area contributed by atoms with E-state index in [4.69, 9.17) is 4.74 Å². The molecule has 0 aliphatic carbocycles. The Balaban J connectivity index is 2.73. The maximum absolute atomic E-state index is 11.2. The summed E-state index contributed by atoms with van der Waals surface area (Å²) in [7, 11) is 0. The zero-order valence-electron chi connectivity index (χ0n) is 7.83. The second-order valence-electron chi connectivity index (χ2n) is 4.05. The standard InChI is InChI=1S/C9H16O3/c1-6-4-9(3,11)5-7(2)12-8(6)10/h6-7,11H,4-5H2,1-3H3/t6-,7-,9-/m0/s1. The highest BCUT2D eigenvalue weighted by molar-refractivity contribution is 5.72. The van der Waals surface area contributed by atoms with Crippen LogP contribution in [-0.2, 0) is 9.53 Å². The third kappa shape index (κ3) is 2.21. The normalized spacial score (nSPS) is 43.5. The van der Waals surface area contributed by atoms with Gasteiger partial charge in [0, 0.05) is 6.42 Å². The molecule has 3 nitrogen and oxygen atoms in total. The highest BCUT2D eigenvalue weighted by Gasteiger charge is 2.34. The van der Waals surface area contributed by atoms with Crippen LogP contribution in [0.2, 0.25) is 0 Å². The van der Waals surface area contributed by atoms with Crippen LogP contribution in [0, 0.1) is 5.92 Å². The molecule has 0 spiro atoms. The third-order valence-corrected chi connectivity index (χ3v) is 2.19. The van der Waals surface area contributed by atoms with E-state index in [1.165, 1.54) is 0 Å². The van der Waals surface area contributed by atoms with Crippen LogP contribution in [0.1, 0.15) is 33.6 Å². The number of rotatable bonds is 0. The van der Waals surface area contributed by atoms with Crippen molar-refractivity contribution in [2.75, 3.05) is 0 Å². The zero-order chi connectivity index (χ0) is 9.35. The molecular weight excluding hydrogens is 156 g/mol. The second kappa shape index (κ2) is 3.05. The van der Waals surface area contributed by atoms with Gasteiger partial charge in [-0.15, -0.1) is 0 Å². The average molecular weight is 172 g/mol. The summed E-state index contributed by atoms with van der Waals surface area (Å²) in [6, 6.07) is 0. The average Bonchev–Trinajstić information content (AvgIpc) is 1.89. The van der Waals surface area contributed by atoms with Gasteiger partial charge in [-0.1, -0.05) is 6.92 Å². The summed E-state index contributed by atoms with van der Waals surface area (Å²) in [6.45, 7) is 5.35. The van der Waals surface area contributed by atoms with Crippen molar-refractivity contribution in [3.63, 3.8) is 0 Å². The molecule has 0 unspecified atom stereocenters. The summed E-state index contributed by atoms with van der Waals surface area (Å²) in [5.74, 6) is -0.384. The Morgan fingerprint density at radius 3 is 2.67 bits per heavy atom. The minimum atomic E-state index is -0.759. The molecule has 1 rings (SSSR count). The number of esters is 1. The lowest BCUT2D eigenvalue weighted by atomic mass is 9.90. The largest absolute Gasteiger partial charge is 0.462 e. The van der Waals surface area contributed by atoms with Crippen molar-refractivity contribution in [3.8, 4) is 0 Å². The van der Waals surface area contributed by atoms with Gasteiger partial charge in [0.1, 0.15) is 6.10 Å². The van der Waals surface area contributed by atoms with Gasteiger partial charge in [0.15, 0.2) is 0 Å². The number of hydrogen-bond acceptors (Lipinski definition) is 3. The molecule has 0 saturated carbocycles. The molecule has 0 amide bonds. The van der Waals surface area contributed by atoms with Gasteiger partial charge in [-0.2, -0.15) is 0 Å². The molecule has 0 radical (unpaired) electrons. The lowest BCUT2D eigenvalue weighted by molar-refractivity contribution is -0.151. The van der Waals surface area contributed by atoms with Crippen LogP contribution in [0.5, 0.6) is 0 Å². The van der Waals surface area contributed by atoms with Gasteiger partial charge in [-0.25, -0.2) is 0 Å². The SMILES string of the molecule is C[C@H]1C[C@@](C)(O)C[C@H](C)C(=O)O1. The molecule has 0 aromatic carbocycles.